The van der Waals surface area contributed by atoms with Gasteiger partial charge in [0, 0.05) is 18.8 Å². The molecule has 0 amide bonds. The second-order valence-electron chi connectivity index (χ2n) is 4.93. The molecular weight excluding hydrogens is 379 g/mol. The Morgan fingerprint density at radius 3 is 2.52 bits per heavy atom. The molecular formula is C14H14Cl2N2O3S2. The van der Waals surface area contributed by atoms with Crippen LogP contribution in [-0.4, -0.2) is 34.7 Å². The molecule has 1 saturated heterocycles. The van der Waals surface area contributed by atoms with Crippen LogP contribution >= 0.6 is 34.5 Å². The predicted molar refractivity (Wildman–Crippen MR) is 94.6 cm³/mol. The topological polar surface area (TPSA) is 58.6 Å². The van der Waals surface area contributed by atoms with Gasteiger partial charge < -0.3 is 9.64 Å². The van der Waals surface area contributed by atoms with Crippen molar-refractivity contribution in [3.05, 3.63) is 39.7 Å². The van der Waals surface area contributed by atoms with Crippen molar-refractivity contribution in [2.24, 2.45) is 0 Å². The maximum atomic E-state index is 12.4. The Hall–Kier alpha value is -0.990. The van der Waals surface area contributed by atoms with Gasteiger partial charge in [-0.15, -0.1) is 11.3 Å². The Labute approximate surface area is 148 Å². The fraction of sp³-hybridized carbons (Fsp3) is 0.286. The minimum atomic E-state index is -3.71. The van der Waals surface area contributed by atoms with Gasteiger partial charge in [-0.3, -0.25) is 4.72 Å². The number of rotatable bonds is 4. The number of nitrogens with one attached hydrogen (secondary N) is 1. The maximum absolute atomic E-state index is 12.4. The van der Waals surface area contributed by atoms with Gasteiger partial charge >= 0.3 is 0 Å². The zero-order valence-corrected chi connectivity index (χ0v) is 15.1. The first-order valence-electron chi connectivity index (χ1n) is 6.86. The van der Waals surface area contributed by atoms with E-state index >= 15 is 0 Å². The lowest BCUT2D eigenvalue weighted by Crippen LogP contribution is -2.36. The van der Waals surface area contributed by atoms with Crippen molar-refractivity contribution in [3.63, 3.8) is 0 Å². The first-order chi connectivity index (χ1) is 11.0. The van der Waals surface area contributed by atoms with Crippen LogP contribution in [0.1, 0.15) is 0 Å². The molecule has 0 spiro atoms. The zero-order valence-electron chi connectivity index (χ0n) is 12.0. The van der Waals surface area contributed by atoms with Crippen LogP contribution in [0.25, 0.3) is 0 Å². The molecule has 5 nitrogen and oxygen atoms in total. The Morgan fingerprint density at radius 1 is 1.13 bits per heavy atom. The van der Waals surface area contributed by atoms with Crippen molar-refractivity contribution in [1.29, 1.82) is 0 Å². The fourth-order valence-corrected chi connectivity index (χ4v) is 5.02. The maximum Gasteiger partial charge on any atom is 0.271 e. The lowest BCUT2D eigenvalue weighted by Gasteiger charge is -2.29. The second kappa shape index (κ2) is 6.86. The third kappa shape index (κ3) is 3.92. The van der Waals surface area contributed by atoms with E-state index in [0.717, 1.165) is 30.1 Å². The summed E-state index contributed by atoms with van der Waals surface area (Å²) in [5.74, 6) is 0. The van der Waals surface area contributed by atoms with Gasteiger partial charge in [0.05, 0.1) is 28.3 Å². The Balaban J connectivity index is 1.87. The van der Waals surface area contributed by atoms with Crippen molar-refractivity contribution in [1.82, 2.24) is 0 Å². The Morgan fingerprint density at radius 2 is 1.87 bits per heavy atom. The van der Waals surface area contributed by atoms with Crippen molar-refractivity contribution in [2.75, 3.05) is 35.9 Å². The van der Waals surface area contributed by atoms with Crippen LogP contribution in [-0.2, 0) is 14.8 Å². The number of morpholine rings is 1. The molecule has 1 aliphatic rings. The van der Waals surface area contributed by atoms with Gasteiger partial charge in [0.15, 0.2) is 0 Å². The lowest BCUT2D eigenvalue weighted by molar-refractivity contribution is 0.122. The van der Waals surface area contributed by atoms with Crippen LogP contribution in [0.3, 0.4) is 0 Å². The number of ether oxygens (including phenoxy) is 1. The minimum Gasteiger partial charge on any atom is -0.378 e. The first-order valence-corrected chi connectivity index (χ1v) is 9.92. The molecule has 0 atom stereocenters. The van der Waals surface area contributed by atoms with Crippen molar-refractivity contribution >= 4 is 55.9 Å². The minimum absolute atomic E-state index is 0.148. The van der Waals surface area contributed by atoms with Crippen molar-refractivity contribution < 1.29 is 13.2 Å². The monoisotopic (exact) mass is 392 g/mol. The van der Waals surface area contributed by atoms with E-state index < -0.39 is 10.0 Å². The van der Waals surface area contributed by atoms with Gasteiger partial charge in [0.2, 0.25) is 0 Å². The summed E-state index contributed by atoms with van der Waals surface area (Å²) in [5.41, 5.74) is 1.25. The van der Waals surface area contributed by atoms with E-state index in [0.29, 0.717) is 28.3 Å². The highest BCUT2D eigenvalue weighted by molar-refractivity contribution is 7.94. The molecule has 0 unspecified atom stereocenters. The van der Waals surface area contributed by atoms with Crippen LogP contribution in [0.15, 0.2) is 34.5 Å². The normalized spacial score (nSPS) is 15.7. The summed E-state index contributed by atoms with van der Waals surface area (Å²) in [7, 11) is -3.71. The van der Waals surface area contributed by atoms with Crippen LogP contribution in [0.5, 0.6) is 0 Å². The average molecular weight is 393 g/mol. The molecule has 2 heterocycles. The smallest absolute Gasteiger partial charge is 0.271 e. The molecule has 1 aliphatic heterocycles. The third-order valence-corrected chi connectivity index (χ3v) is 6.80. The molecule has 124 valence electrons. The molecule has 0 bridgehead atoms. The fourth-order valence-electron chi connectivity index (χ4n) is 2.25. The second-order valence-corrected chi connectivity index (χ2v) is 8.96. The van der Waals surface area contributed by atoms with E-state index in [1.807, 2.05) is 6.07 Å². The molecule has 9 heteroatoms. The molecule has 2 aromatic rings. The molecule has 1 fully saturated rings. The van der Waals surface area contributed by atoms with E-state index in [1.54, 1.807) is 18.2 Å². The molecule has 0 radical (unpaired) electrons. The summed E-state index contributed by atoms with van der Waals surface area (Å²) in [6.45, 7) is 2.82. The summed E-state index contributed by atoms with van der Waals surface area (Å²) in [6.07, 6.45) is 0. The van der Waals surface area contributed by atoms with E-state index in [-0.39, 0.29) is 4.21 Å². The highest BCUT2D eigenvalue weighted by Gasteiger charge is 2.19. The lowest BCUT2D eigenvalue weighted by atomic mass is 10.2. The number of thiophene rings is 1. The molecule has 0 saturated carbocycles. The van der Waals surface area contributed by atoms with E-state index in [2.05, 4.69) is 9.62 Å². The van der Waals surface area contributed by atoms with Gasteiger partial charge in [-0.2, -0.15) is 0 Å². The van der Waals surface area contributed by atoms with Crippen LogP contribution in [0.4, 0.5) is 11.4 Å². The number of anilines is 2. The van der Waals surface area contributed by atoms with Crippen molar-refractivity contribution in [2.45, 2.75) is 4.21 Å². The van der Waals surface area contributed by atoms with E-state index in [1.165, 1.54) is 6.07 Å². The van der Waals surface area contributed by atoms with Crippen LogP contribution in [0.2, 0.25) is 9.36 Å². The highest BCUT2D eigenvalue weighted by atomic mass is 35.5. The number of hydrogen-bond acceptors (Lipinski definition) is 5. The molecule has 1 aromatic heterocycles. The van der Waals surface area contributed by atoms with Crippen molar-refractivity contribution in [3.8, 4) is 0 Å². The first kappa shape index (κ1) is 16.9. The zero-order chi connectivity index (χ0) is 16.4. The predicted octanol–water partition coefficient (Wildman–Crippen LogP) is 3.69. The summed E-state index contributed by atoms with van der Waals surface area (Å²) < 4.78 is 33.2. The largest absolute Gasteiger partial charge is 0.378 e. The highest BCUT2D eigenvalue weighted by Crippen LogP contribution is 2.32. The average Bonchev–Trinajstić information content (AvgIpc) is 2.98. The molecule has 1 N–H and O–H groups in total. The quantitative estimate of drug-likeness (QED) is 0.861. The summed E-state index contributed by atoms with van der Waals surface area (Å²) in [5, 5.41) is 0.341. The van der Waals surface area contributed by atoms with Crippen LogP contribution < -0.4 is 9.62 Å². The number of halogens is 2. The third-order valence-electron chi connectivity index (χ3n) is 3.38. The van der Waals surface area contributed by atoms with Gasteiger partial charge in [0.25, 0.3) is 10.0 Å². The summed E-state index contributed by atoms with van der Waals surface area (Å²) in [6, 6.07) is 8.31. The number of benzene rings is 1. The van der Waals surface area contributed by atoms with E-state index in [9.17, 15) is 8.42 Å². The van der Waals surface area contributed by atoms with Gasteiger partial charge in [-0.05, 0) is 30.3 Å². The standard InChI is InChI=1S/C14H14Cl2N2O3S2/c15-11-2-1-10(18-5-7-21-8-6-18)9-12(11)17-23(19,20)14-4-3-13(16)22-14/h1-4,9,17H,5-8H2. The Kier molecular flexibility index (Phi) is 5.03. The summed E-state index contributed by atoms with van der Waals surface area (Å²) in [4.78, 5) is 2.12. The molecule has 1 aromatic carbocycles. The molecule has 23 heavy (non-hydrogen) atoms. The molecule has 0 aliphatic carbocycles. The van der Waals surface area contributed by atoms with Crippen LogP contribution in [0, 0.1) is 0 Å². The Bertz CT molecular complexity index is 802. The van der Waals surface area contributed by atoms with E-state index in [4.69, 9.17) is 27.9 Å². The SMILES string of the molecule is O=S(=O)(Nc1cc(N2CCOCC2)ccc1Cl)c1ccc(Cl)s1. The number of sulfonamides is 1. The number of hydrogen-bond donors (Lipinski definition) is 1. The summed E-state index contributed by atoms with van der Waals surface area (Å²) >= 11 is 12.9. The van der Waals surface area contributed by atoms with Gasteiger partial charge in [0.1, 0.15) is 4.21 Å². The van der Waals surface area contributed by atoms with Gasteiger partial charge in [-0.1, -0.05) is 23.2 Å². The molecule has 3 rings (SSSR count). The number of nitrogens with zero attached hydrogens (tertiary/aromatic N) is 1. The van der Waals surface area contributed by atoms with Gasteiger partial charge in [-0.25, -0.2) is 8.42 Å².